The quantitative estimate of drug-likeness (QED) is 0.452. The Morgan fingerprint density at radius 3 is 2.70 bits per heavy atom. The minimum absolute atomic E-state index is 0.486. The number of ether oxygens (including phenoxy) is 1. The summed E-state index contributed by atoms with van der Waals surface area (Å²) in [6.07, 6.45) is 7.94. The molecule has 0 radical (unpaired) electrons. The van der Waals surface area contributed by atoms with Gasteiger partial charge in [-0.15, -0.1) is 10.2 Å². The number of nitrogens with one attached hydrogen (secondary N) is 2. The maximum Gasteiger partial charge on any atom is 0.191 e. The minimum Gasteiger partial charge on any atom is -0.378 e. The highest BCUT2D eigenvalue weighted by atomic mass is 16.5. The zero-order chi connectivity index (χ0) is 16.5. The molecule has 0 saturated heterocycles. The van der Waals surface area contributed by atoms with Crippen molar-refractivity contribution in [2.75, 3.05) is 20.2 Å². The van der Waals surface area contributed by atoms with E-state index in [-0.39, 0.29) is 0 Å². The predicted octanol–water partition coefficient (Wildman–Crippen LogP) is 1.53. The predicted molar refractivity (Wildman–Crippen MR) is 91.4 cm³/mol. The number of hydrogen-bond acceptors (Lipinski definition) is 4. The number of rotatable bonds is 7. The highest BCUT2D eigenvalue weighted by Crippen LogP contribution is 2.20. The van der Waals surface area contributed by atoms with Crippen LogP contribution in [0.1, 0.15) is 50.2 Å². The Hall–Kier alpha value is -1.63. The van der Waals surface area contributed by atoms with Crippen molar-refractivity contribution < 1.29 is 4.74 Å². The molecule has 1 aromatic rings. The summed E-state index contributed by atoms with van der Waals surface area (Å²) < 4.78 is 7.89. The lowest BCUT2D eigenvalue weighted by Gasteiger charge is -2.22. The Balaban J connectivity index is 1.58. The van der Waals surface area contributed by atoms with Gasteiger partial charge < -0.3 is 19.9 Å². The first-order valence-corrected chi connectivity index (χ1v) is 8.61. The van der Waals surface area contributed by atoms with Gasteiger partial charge in [0.25, 0.3) is 0 Å². The van der Waals surface area contributed by atoms with Gasteiger partial charge >= 0.3 is 0 Å². The maximum atomic E-state index is 5.92. The normalized spacial score (nSPS) is 16.6. The summed E-state index contributed by atoms with van der Waals surface area (Å²) in [5.74, 6) is 2.58. The van der Waals surface area contributed by atoms with Crippen LogP contribution in [-0.4, -0.2) is 47.0 Å². The fourth-order valence-electron chi connectivity index (χ4n) is 2.75. The van der Waals surface area contributed by atoms with Gasteiger partial charge in [0.1, 0.15) is 5.82 Å². The summed E-state index contributed by atoms with van der Waals surface area (Å²) in [6.45, 7) is 4.22. The number of aryl methyl sites for hydroxylation is 1. The lowest BCUT2D eigenvalue weighted by molar-refractivity contribution is 0.0277. The third-order valence-electron chi connectivity index (χ3n) is 4.34. The smallest absolute Gasteiger partial charge is 0.191 e. The number of hydrogen-bond donors (Lipinski definition) is 2. The van der Waals surface area contributed by atoms with Crippen LogP contribution in [0.3, 0.4) is 0 Å². The van der Waals surface area contributed by atoms with Crippen molar-refractivity contribution >= 4 is 5.96 Å². The highest BCUT2D eigenvalue weighted by molar-refractivity contribution is 5.79. The van der Waals surface area contributed by atoms with E-state index in [0.717, 1.165) is 37.2 Å². The molecule has 0 spiro atoms. The lowest BCUT2D eigenvalue weighted by atomic mass is 9.98. The van der Waals surface area contributed by atoms with Gasteiger partial charge in [0, 0.05) is 27.2 Å². The number of aromatic nitrogens is 3. The van der Waals surface area contributed by atoms with Gasteiger partial charge in [-0.25, -0.2) is 0 Å². The van der Waals surface area contributed by atoms with Crippen LogP contribution in [-0.2, 0) is 18.3 Å². The van der Waals surface area contributed by atoms with Crippen LogP contribution >= 0.6 is 0 Å². The molecule has 0 aromatic carbocycles. The van der Waals surface area contributed by atoms with E-state index in [9.17, 15) is 0 Å². The molecule has 0 amide bonds. The van der Waals surface area contributed by atoms with E-state index in [0.29, 0.717) is 12.6 Å². The van der Waals surface area contributed by atoms with Crippen molar-refractivity contribution in [2.45, 2.75) is 58.1 Å². The molecule has 1 aromatic heterocycles. The highest BCUT2D eigenvalue weighted by Gasteiger charge is 2.13. The van der Waals surface area contributed by atoms with Gasteiger partial charge in [0.15, 0.2) is 11.8 Å². The summed E-state index contributed by atoms with van der Waals surface area (Å²) in [7, 11) is 3.74. The maximum absolute atomic E-state index is 5.92. The molecular formula is C16H30N6O. The zero-order valence-corrected chi connectivity index (χ0v) is 14.6. The van der Waals surface area contributed by atoms with Crippen molar-refractivity contribution in [3.63, 3.8) is 0 Å². The van der Waals surface area contributed by atoms with Crippen molar-refractivity contribution in [3.8, 4) is 0 Å². The molecule has 2 rings (SSSR count). The molecule has 1 aliphatic rings. The first kappa shape index (κ1) is 17.7. The molecule has 1 heterocycles. The number of aliphatic imine (C=N–C) groups is 1. The van der Waals surface area contributed by atoms with E-state index in [1.165, 1.54) is 32.1 Å². The van der Waals surface area contributed by atoms with Crippen LogP contribution in [0.15, 0.2) is 4.99 Å². The molecule has 0 atom stereocenters. The Morgan fingerprint density at radius 1 is 1.26 bits per heavy atom. The topological polar surface area (TPSA) is 76.4 Å². The largest absolute Gasteiger partial charge is 0.378 e. The van der Waals surface area contributed by atoms with E-state index >= 15 is 0 Å². The van der Waals surface area contributed by atoms with E-state index in [1.54, 1.807) is 7.05 Å². The average Bonchev–Trinajstić information content (AvgIpc) is 2.90. The molecular weight excluding hydrogens is 292 g/mol. The molecule has 0 aliphatic heterocycles. The molecule has 7 heteroatoms. The van der Waals surface area contributed by atoms with Gasteiger partial charge in [-0.3, -0.25) is 4.99 Å². The molecule has 0 unspecified atom stereocenters. The Morgan fingerprint density at radius 2 is 2.04 bits per heavy atom. The second kappa shape index (κ2) is 9.50. The van der Waals surface area contributed by atoms with Gasteiger partial charge in [-0.1, -0.05) is 19.3 Å². The molecule has 1 fully saturated rings. The van der Waals surface area contributed by atoms with E-state index in [4.69, 9.17) is 4.74 Å². The van der Waals surface area contributed by atoms with Crippen molar-refractivity contribution in [1.29, 1.82) is 0 Å². The van der Waals surface area contributed by atoms with Crippen LogP contribution in [0.25, 0.3) is 0 Å². The summed E-state index contributed by atoms with van der Waals surface area (Å²) in [5, 5.41) is 14.7. The Labute approximate surface area is 138 Å². The Kier molecular flexibility index (Phi) is 7.32. The molecule has 2 N–H and O–H groups in total. The zero-order valence-electron chi connectivity index (χ0n) is 14.6. The fraction of sp³-hybridized carbons (Fsp3) is 0.812. The standard InChI is InChI=1S/C16H30N6O/c1-13-20-21-15(22(13)3)12-19-16(17-2)18-10-7-11-23-14-8-5-4-6-9-14/h14H,4-12H2,1-3H3,(H2,17,18,19). The fourth-order valence-corrected chi connectivity index (χ4v) is 2.75. The monoisotopic (exact) mass is 322 g/mol. The molecule has 1 saturated carbocycles. The van der Waals surface area contributed by atoms with Gasteiger partial charge in [-0.2, -0.15) is 0 Å². The van der Waals surface area contributed by atoms with E-state index in [1.807, 2.05) is 18.5 Å². The Bertz CT molecular complexity index is 493. The average molecular weight is 322 g/mol. The van der Waals surface area contributed by atoms with Crippen molar-refractivity contribution in [3.05, 3.63) is 11.6 Å². The van der Waals surface area contributed by atoms with E-state index < -0.39 is 0 Å². The molecule has 1 aliphatic carbocycles. The van der Waals surface area contributed by atoms with Crippen molar-refractivity contribution in [2.24, 2.45) is 12.0 Å². The molecule has 0 bridgehead atoms. The second-order valence-electron chi connectivity index (χ2n) is 6.06. The molecule has 23 heavy (non-hydrogen) atoms. The van der Waals surface area contributed by atoms with E-state index in [2.05, 4.69) is 25.8 Å². The first-order valence-electron chi connectivity index (χ1n) is 8.61. The molecule has 130 valence electrons. The third-order valence-corrected chi connectivity index (χ3v) is 4.34. The van der Waals surface area contributed by atoms with Gasteiger partial charge in [0.2, 0.25) is 0 Å². The lowest BCUT2D eigenvalue weighted by Crippen LogP contribution is -2.38. The first-order chi connectivity index (χ1) is 11.2. The molecule has 7 nitrogen and oxygen atoms in total. The summed E-state index contributed by atoms with van der Waals surface area (Å²) in [6, 6.07) is 0. The van der Waals surface area contributed by atoms with Crippen molar-refractivity contribution in [1.82, 2.24) is 25.4 Å². The third kappa shape index (κ3) is 5.82. The summed E-state index contributed by atoms with van der Waals surface area (Å²) >= 11 is 0. The number of nitrogens with zero attached hydrogens (tertiary/aromatic N) is 4. The summed E-state index contributed by atoms with van der Waals surface area (Å²) in [4.78, 5) is 4.22. The minimum atomic E-state index is 0.486. The van der Waals surface area contributed by atoms with Crippen LogP contribution in [0.4, 0.5) is 0 Å². The van der Waals surface area contributed by atoms with Crippen LogP contribution < -0.4 is 10.6 Å². The van der Waals surface area contributed by atoms with Crippen LogP contribution in [0, 0.1) is 6.92 Å². The van der Waals surface area contributed by atoms with Gasteiger partial charge in [0.05, 0.1) is 12.6 Å². The SMILES string of the molecule is CN=C(NCCCOC1CCCCC1)NCc1nnc(C)n1C. The number of guanidine groups is 1. The van der Waals surface area contributed by atoms with Crippen LogP contribution in [0.5, 0.6) is 0 Å². The van der Waals surface area contributed by atoms with Crippen LogP contribution in [0.2, 0.25) is 0 Å². The van der Waals surface area contributed by atoms with Gasteiger partial charge in [-0.05, 0) is 26.2 Å². The summed E-state index contributed by atoms with van der Waals surface area (Å²) in [5.41, 5.74) is 0. The second-order valence-corrected chi connectivity index (χ2v) is 6.06.